The molecule has 0 bridgehead atoms. The molecule has 6 fully saturated rings. The van der Waals surface area contributed by atoms with Crippen LogP contribution >= 0.6 is 0 Å². The normalized spacial score (nSPS) is 25.2. The minimum Gasteiger partial charge on any atom is -0.550 e. The molecule has 6 aliphatic rings. The van der Waals surface area contributed by atoms with Crippen molar-refractivity contribution in [3.05, 3.63) is 71.3 Å². The molecule has 0 spiro atoms. The third-order valence-electron chi connectivity index (χ3n) is 15.8. The van der Waals surface area contributed by atoms with Gasteiger partial charge in [-0.3, -0.25) is 0 Å². The summed E-state index contributed by atoms with van der Waals surface area (Å²) >= 11 is 0. The van der Waals surface area contributed by atoms with E-state index in [-0.39, 0.29) is 51.6 Å². The summed E-state index contributed by atoms with van der Waals surface area (Å²) in [6.07, 6.45) is 10.7. The number of nitrogens with zero attached hydrogens (tertiary/aromatic N) is 3. The maximum absolute atomic E-state index is 12.6. The molecule has 425 valence electrons. The molecule has 1 radical (unpaired) electrons. The van der Waals surface area contributed by atoms with Gasteiger partial charge in [-0.05, 0) is 204 Å². The Morgan fingerprint density at radius 3 is 0.835 bits per heavy atom. The van der Waals surface area contributed by atoms with Crippen LogP contribution in [0, 0.1) is 69.5 Å². The Kier molecular flexibility index (Phi) is 21.5. The number of nitriles is 3. The van der Waals surface area contributed by atoms with Crippen molar-refractivity contribution in [2.24, 2.45) is 35.5 Å². The summed E-state index contributed by atoms with van der Waals surface area (Å²) in [4.78, 5) is 33.1. The van der Waals surface area contributed by atoms with Crippen molar-refractivity contribution >= 4 is 17.9 Å². The molecule has 6 saturated carbocycles. The van der Waals surface area contributed by atoms with Gasteiger partial charge in [0.2, 0.25) is 0 Å². The molecular formula is C57H60F6FeN3O12. The number of carboxylic acids is 3. The van der Waals surface area contributed by atoms with Gasteiger partial charge in [0.1, 0.15) is 0 Å². The predicted molar refractivity (Wildman–Crippen MR) is 257 cm³/mol. The zero-order valence-electron chi connectivity index (χ0n) is 43.1. The molecule has 0 unspecified atom stereocenters. The van der Waals surface area contributed by atoms with E-state index in [0.717, 1.165) is 38.5 Å². The molecule has 15 nitrogen and oxygen atoms in total. The number of ether oxygens (including phenoxy) is 6. The van der Waals surface area contributed by atoms with Crippen LogP contribution in [0.1, 0.15) is 132 Å². The van der Waals surface area contributed by atoms with Gasteiger partial charge in [0.25, 0.3) is 0 Å². The molecule has 3 aromatic carbocycles. The maximum atomic E-state index is 12.6. The number of hydrogen-bond donors (Lipinski definition) is 0. The second kappa shape index (κ2) is 27.5. The number of carboxylic acid groups (broad SMARTS) is 3. The monoisotopic (exact) mass is 1150 g/mol. The van der Waals surface area contributed by atoms with Gasteiger partial charge in [-0.15, -0.1) is 0 Å². The van der Waals surface area contributed by atoms with E-state index in [1.165, 1.54) is 18.2 Å². The van der Waals surface area contributed by atoms with Crippen LogP contribution in [0.25, 0.3) is 0 Å². The maximum Gasteiger partial charge on any atom is 3.00 e. The number of carbonyl (C=O) groups is 3. The molecule has 0 saturated heterocycles. The molecule has 0 aliphatic heterocycles. The fourth-order valence-electron chi connectivity index (χ4n) is 10.2. The Labute approximate surface area is 464 Å². The fourth-order valence-corrected chi connectivity index (χ4v) is 10.2. The molecule has 0 aromatic heterocycles. The molecule has 22 heteroatoms. The standard InChI is InChI=1S/3C19H21F2NO4.Fe/c3*20-18(21)26-15-4-3-14(9-16(15)25-10-12-1-2-12)19(11-22)7-5-13(6-8-19)17(23)24;/h3*3-4,9,12-13,18H,1-2,5-8,10H2,(H,23,24);/q;;;+3/p-3. The molecule has 3 aromatic rings. The predicted octanol–water partition coefficient (Wildman–Crippen LogP) is 8.33. The van der Waals surface area contributed by atoms with Crippen LogP contribution in [0.2, 0.25) is 0 Å². The van der Waals surface area contributed by atoms with Crippen molar-refractivity contribution in [1.29, 1.82) is 15.8 Å². The first kappa shape index (κ1) is 61.6. The number of hydrogen-bond acceptors (Lipinski definition) is 15. The van der Waals surface area contributed by atoms with Gasteiger partial charge in [0.05, 0.1) is 54.3 Å². The van der Waals surface area contributed by atoms with Crippen LogP contribution in [0.15, 0.2) is 54.6 Å². The van der Waals surface area contributed by atoms with Crippen molar-refractivity contribution in [3.8, 4) is 52.7 Å². The number of aliphatic carboxylic acids is 3. The van der Waals surface area contributed by atoms with Crippen molar-refractivity contribution in [3.63, 3.8) is 0 Å². The zero-order valence-corrected chi connectivity index (χ0v) is 44.2. The Morgan fingerprint density at radius 1 is 0.430 bits per heavy atom. The van der Waals surface area contributed by atoms with E-state index in [4.69, 9.17) is 14.2 Å². The largest absolute Gasteiger partial charge is 3.00 e. The van der Waals surface area contributed by atoms with Crippen molar-refractivity contribution in [2.45, 2.75) is 152 Å². The van der Waals surface area contributed by atoms with Crippen molar-refractivity contribution in [1.82, 2.24) is 0 Å². The quantitative estimate of drug-likeness (QED) is 0.0718. The zero-order chi connectivity index (χ0) is 56.2. The van der Waals surface area contributed by atoms with Crippen molar-refractivity contribution < 1.29 is 102 Å². The summed E-state index contributed by atoms with van der Waals surface area (Å²) in [6.45, 7) is -7.62. The number of carbonyl (C=O) groups excluding carboxylic acids is 3. The average molecular weight is 1150 g/mol. The number of alkyl halides is 6. The van der Waals surface area contributed by atoms with E-state index in [1.54, 1.807) is 36.4 Å². The van der Waals surface area contributed by atoms with Gasteiger partial charge in [-0.1, -0.05) is 18.2 Å². The van der Waals surface area contributed by atoms with E-state index in [0.29, 0.717) is 131 Å². The Morgan fingerprint density at radius 2 is 0.658 bits per heavy atom. The summed E-state index contributed by atoms with van der Waals surface area (Å²) in [5.74, 6) is -3.20. The minimum absolute atomic E-state index is 0. The molecule has 6 aliphatic carbocycles. The molecule has 0 amide bonds. The number of rotatable bonds is 21. The van der Waals surface area contributed by atoms with Crippen molar-refractivity contribution in [2.75, 3.05) is 19.8 Å². The topological polar surface area (TPSA) is 247 Å². The van der Waals surface area contributed by atoms with E-state index in [1.807, 2.05) is 0 Å². The third kappa shape index (κ3) is 16.7. The van der Waals surface area contributed by atoms with Gasteiger partial charge >= 0.3 is 36.9 Å². The Bertz CT molecular complexity index is 2410. The van der Waals surface area contributed by atoms with Crippen LogP contribution in [0.3, 0.4) is 0 Å². The summed E-state index contributed by atoms with van der Waals surface area (Å²) < 4.78 is 106. The van der Waals surface area contributed by atoms with Gasteiger partial charge in [0, 0.05) is 17.9 Å². The number of halogens is 6. The van der Waals surface area contributed by atoms with Crippen LogP contribution in [0.5, 0.6) is 34.5 Å². The fraction of sp³-hybridized carbons (Fsp3) is 0.579. The first-order valence-electron chi connectivity index (χ1n) is 26.3. The molecule has 0 N–H and O–H groups in total. The second-order valence-corrected chi connectivity index (χ2v) is 21.2. The molecule has 9 rings (SSSR count). The van der Waals surface area contributed by atoms with E-state index in [9.17, 15) is 71.8 Å². The smallest absolute Gasteiger partial charge is 0.550 e. The van der Waals surface area contributed by atoms with Crippen LogP contribution < -0.4 is 43.7 Å². The van der Waals surface area contributed by atoms with E-state index >= 15 is 0 Å². The summed E-state index contributed by atoms with van der Waals surface area (Å²) in [6, 6.07) is 20.6. The molecule has 79 heavy (non-hydrogen) atoms. The molecular weight excluding hydrogens is 1090 g/mol. The summed E-state index contributed by atoms with van der Waals surface area (Å²) in [7, 11) is 0. The SMILES string of the molecule is N#CC1(c2ccc(OC(F)F)c(OCC3CC3)c2)CCC(C(=O)[O-])CC1.N#CC1(c2ccc(OC(F)F)c(OCC3CC3)c2)CCC(C(=O)[O-])CC1.N#CC1(c2ccc(OC(F)F)c(OCC3CC3)c2)CCC(C(=O)[O-])CC1.[Fe+3]. The van der Waals surface area contributed by atoms with Crippen LogP contribution in [-0.4, -0.2) is 57.6 Å². The van der Waals surface area contributed by atoms with E-state index < -0.39 is 71.7 Å². The van der Waals surface area contributed by atoms with Crippen LogP contribution in [-0.2, 0) is 47.7 Å². The van der Waals surface area contributed by atoms with Gasteiger partial charge < -0.3 is 58.1 Å². The average Bonchev–Trinajstić information content (AvgIpc) is 4.30. The molecule has 0 atom stereocenters. The molecule has 0 heterocycles. The van der Waals surface area contributed by atoms with Crippen LogP contribution in [0.4, 0.5) is 26.3 Å². The summed E-state index contributed by atoms with van der Waals surface area (Å²) in [5.41, 5.74) is -0.634. The number of benzene rings is 3. The summed E-state index contributed by atoms with van der Waals surface area (Å²) in [5, 5.41) is 62.4. The minimum atomic E-state index is -2.97. The van der Waals surface area contributed by atoms with E-state index in [2.05, 4.69) is 32.4 Å². The van der Waals surface area contributed by atoms with Gasteiger partial charge in [-0.2, -0.15) is 42.1 Å². The first-order chi connectivity index (χ1) is 37.3. The Hall–Kier alpha value is -6.56. The van der Waals surface area contributed by atoms with Gasteiger partial charge in [0.15, 0.2) is 34.5 Å². The Balaban J connectivity index is 0.000000190. The second-order valence-electron chi connectivity index (χ2n) is 21.2. The van der Waals surface area contributed by atoms with Gasteiger partial charge in [-0.25, -0.2) is 0 Å². The third-order valence-corrected chi connectivity index (χ3v) is 15.8. The first-order valence-corrected chi connectivity index (χ1v) is 26.3.